The monoisotopic (exact) mass is 339 g/mol. The number of rotatable bonds is 4. The van der Waals surface area contributed by atoms with E-state index in [0.29, 0.717) is 11.5 Å². The molecular weight excluding hydrogens is 318 g/mol. The number of nitrogens with zero attached hydrogens (tertiary/aromatic N) is 2. The molecule has 2 aliphatic rings. The van der Waals surface area contributed by atoms with Gasteiger partial charge in [-0.05, 0) is 56.4 Å². The fourth-order valence-corrected chi connectivity index (χ4v) is 3.33. The van der Waals surface area contributed by atoms with E-state index in [1.165, 1.54) is 0 Å². The topological polar surface area (TPSA) is 75.4 Å². The van der Waals surface area contributed by atoms with Gasteiger partial charge in [0.05, 0.1) is 12.1 Å². The van der Waals surface area contributed by atoms with E-state index in [4.69, 9.17) is 4.52 Å². The van der Waals surface area contributed by atoms with Crippen molar-refractivity contribution < 1.29 is 14.1 Å². The molecule has 0 atom stereocenters. The van der Waals surface area contributed by atoms with E-state index in [1.54, 1.807) is 13.0 Å². The van der Waals surface area contributed by atoms with Crippen LogP contribution in [0.4, 0.5) is 11.4 Å². The van der Waals surface area contributed by atoms with Gasteiger partial charge in [0.1, 0.15) is 5.76 Å². The number of hydrogen-bond acceptors (Lipinski definition) is 4. The lowest BCUT2D eigenvalue weighted by atomic mass is 10.0. The van der Waals surface area contributed by atoms with Gasteiger partial charge in [0.25, 0.3) is 0 Å². The largest absolute Gasteiger partial charge is 0.361 e. The number of aryl methyl sites for hydroxylation is 2. The Labute approximate surface area is 146 Å². The molecule has 130 valence electrons. The van der Waals surface area contributed by atoms with Crippen LogP contribution in [0.5, 0.6) is 0 Å². The van der Waals surface area contributed by atoms with E-state index in [9.17, 15) is 9.59 Å². The van der Waals surface area contributed by atoms with E-state index in [1.807, 2.05) is 23.1 Å². The first-order valence-electron chi connectivity index (χ1n) is 8.76. The summed E-state index contributed by atoms with van der Waals surface area (Å²) in [5, 5.41) is 6.74. The molecule has 6 nitrogen and oxygen atoms in total. The fraction of sp³-hybridized carbons (Fsp3) is 0.421. The van der Waals surface area contributed by atoms with Crippen molar-refractivity contribution in [1.29, 1.82) is 0 Å². The van der Waals surface area contributed by atoms with Crippen molar-refractivity contribution in [3.05, 3.63) is 41.3 Å². The van der Waals surface area contributed by atoms with Crippen molar-refractivity contribution in [1.82, 2.24) is 5.16 Å². The van der Waals surface area contributed by atoms with Gasteiger partial charge in [-0.3, -0.25) is 9.59 Å². The minimum absolute atomic E-state index is 0.130. The molecule has 1 saturated carbocycles. The zero-order chi connectivity index (χ0) is 17.4. The molecule has 2 heterocycles. The standard InChI is InChI=1S/C19H21N3O3/c1-12-9-16(21-25-12)11-18(23)20-15-6-7-17-14(10-15)3-2-8-22(17)19(24)13-4-5-13/h6-7,9-10,13H,2-5,8,11H2,1H3,(H,20,23). The van der Waals surface area contributed by atoms with Crippen LogP contribution in [0.2, 0.25) is 0 Å². The Hall–Kier alpha value is -2.63. The molecular formula is C19H21N3O3. The van der Waals surface area contributed by atoms with Gasteiger partial charge in [0.2, 0.25) is 11.8 Å². The van der Waals surface area contributed by atoms with Crippen LogP contribution in [0.3, 0.4) is 0 Å². The number of benzene rings is 1. The third-order valence-electron chi connectivity index (χ3n) is 4.69. The second kappa shape index (κ2) is 6.35. The molecule has 0 spiro atoms. The number of nitrogens with one attached hydrogen (secondary N) is 1. The summed E-state index contributed by atoms with van der Waals surface area (Å²) in [7, 11) is 0. The SMILES string of the molecule is Cc1cc(CC(=O)Nc2ccc3c(c2)CCCN3C(=O)C2CC2)no1. The number of aromatic nitrogens is 1. The third kappa shape index (κ3) is 3.43. The fourth-order valence-electron chi connectivity index (χ4n) is 3.33. The number of fused-ring (bicyclic) bond motifs is 1. The van der Waals surface area contributed by atoms with Gasteiger partial charge >= 0.3 is 0 Å². The predicted molar refractivity (Wildman–Crippen MR) is 93.4 cm³/mol. The van der Waals surface area contributed by atoms with E-state index in [0.717, 1.165) is 49.2 Å². The Bertz CT molecular complexity index is 823. The highest BCUT2D eigenvalue weighted by atomic mass is 16.5. The normalized spacial score (nSPS) is 16.4. The summed E-state index contributed by atoms with van der Waals surface area (Å²) in [4.78, 5) is 26.5. The maximum absolute atomic E-state index is 12.4. The van der Waals surface area contributed by atoms with Gasteiger partial charge in [-0.1, -0.05) is 5.16 Å². The maximum atomic E-state index is 12.4. The van der Waals surface area contributed by atoms with Gasteiger partial charge in [0.15, 0.2) is 0 Å². The van der Waals surface area contributed by atoms with Crippen LogP contribution < -0.4 is 10.2 Å². The Balaban J connectivity index is 1.47. The van der Waals surface area contributed by atoms with Gasteiger partial charge in [-0.2, -0.15) is 0 Å². The number of amides is 2. The molecule has 1 aromatic carbocycles. The Morgan fingerprint density at radius 1 is 1.32 bits per heavy atom. The number of hydrogen-bond donors (Lipinski definition) is 1. The second-order valence-electron chi connectivity index (χ2n) is 6.87. The molecule has 0 saturated heterocycles. The van der Waals surface area contributed by atoms with E-state index >= 15 is 0 Å². The van der Waals surface area contributed by atoms with Crippen molar-refractivity contribution in [3.63, 3.8) is 0 Å². The molecule has 0 unspecified atom stereocenters. The first-order valence-corrected chi connectivity index (χ1v) is 8.76. The summed E-state index contributed by atoms with van der Waals surface area (Å²) in [5.74, 6) is 1.03. The molecule has 2 amide bonds. The Morgan fingerprint density at radius 2 is 2.16 bits per heavy atom. The van der Waals surface area contributed by atoms with Crippen LogP contribution in [0.15, 0.2) is 28.8 Å². The number of carbonyl (C=O) groups excluding carboxylic acids is 2. The van der Waals surface area contributed by atoms with Crippen molar-refractivity contribution in [2.24, 2.45) is 5.92 Å². The lowest BCUT2D eigenvalue weighted by Gasteiger charge is -2.30. The lowest BCUT2D eigenvalue weighted by Crippen LogP contribution is -2.36. The number of carbonyl (C=O) groups is 2. The molecule has 2 aromatic rings. The van der Waals surface area contributed by atoms with E-state index in [2.05, 4.69) is 10.5 Å². The van der Waals surface area contributed by atoms with Crippen molar-refractivity contribution in [3.8, 4) is 0 Å². The second-order valence-corrected chi connectivity index (χ2v) is 6.87. The first kappa shape index (κ1) is 15.9. The Kier molecular flexibility index (Phi) is 4.03. The van der Waals surface area contributed by atoms with Crippen LogP contribution in [-0.4, -0.2) is 23.5 Å². The quantitative estimate of drug-likeness (QED) is 0.929. The van der Waals surface area contributed by atoms with Gasteiger partial charge in [-0.15, -0.1) is 0 Å². The maximum Gasteiger partial charge on any atom is 0.230 e. The summed E-state index contributed by atoms with van der Waals surface area (Å²) in [5.41, 5.74) is 3.49. The van der Waals surface area contributed by atoms with Crippen molar-refractivity contribution in [2.75, 3.05) is 16.8 Å². The molecule has 1 aliphatic carbocycles. The molecule has 6 heteroatoms. The number of anilines is 2. The van der Waals surface area contributed by atoms with E-state index < -0.39 is 0 Å². The highest BCUT2D eigenvalue weighted by molar-refractivity contribution is 5.98. The molecule has 0 bridgehead atoms. The average molecular weight is 339 g/mol. The average Bonchev–Trinajstić information content (AvgIpc) is 3.36. The smallest absolute Gasteiger partial charge is 0.230 e. The van der Waals surface area contributed by atoms with Crippen LogP contribution in [0, 0.1) is 12.8 Å². The zero-order valence-electron chi connectivity index (χ0n) is 14.2. The third-order valence-corrected chi connectivity index (χ3v) is 4.69. The highest BCUT2D eigenvalue weighted by Gasteiger charge is 2.35. The van der Waals surface area contributed by atoms with E-state index in [-0.39, 0.29) is 24.2 Å². The van der Waals surface area contributed by atoms with Crippen LogP contribution in [-0.2, 0) is 22.4 Å². The van der Waals surface area contributed by atoms with Gasteiger partial charge in [-0.25, -0.2) is 0 Å². The molecule has 25 heavy (non-hydrogen) atoms. The van der Waals surface area contributed by atoms with Crippen LogP contribution in [0.25, 0.3) is 0 Å². The minimum Gasteiger partial charge on any atom is -0.361 e. The summed E-state index contributed by atoms with van der Waals surface area (Å²) >= 11 is 0. The molecule has 1 fully saturated rings. The summed E-state index contributed by atoms with van der Waals surface area (Å²) in [6, 6.07) is 7.55. The van der Waals surface area contributed by atoms with Crippen molar-refractivity contribution >= 4 is 23.2 Å². The minimum atomic E-state index is -0.130. The lowest BCUT2D eigenvalue weighted by molar-refractivity contribution is -0.120. The summed E-state index contributed by atoms with van der Waals surface area (Å²) in [6.07, 6.45) is 4.10. The highest BCUT2D eigenvalue weighted by Crippen LogP contribution is 2.36. The molecule has 1 aliphatic heterocycles. The molecule has 0 radical (unpaired) electrons. The van der Waals surface area contributed by atoms with Crippen molar-refractivity contribution in [2.45, 2.75) is 39.0 Å². The molecule has 4 rings (SSSR count). The van der Waals surface area contributed by atoms with Crippen LogP contribution >= 0.6 is 0 Å². The van der Waals surface area contributed by atoms with Gasteiger partial charge < -0.3 is 14.7 Å². The summed E-state index contributed by atoms with van der Waals surface area (Å²) < 4.78 is 4.98. The zero-order valence-corrected chi connectivity index (χ0v) is 14.2. The molecule has 1 aromatic heterocycles. The van der Waals surface area contributed by atoms with Gasteiger partial charge in [0, 0.05) is 29.9 Å². The molecule has 1 N–H and O–H groups in total. The first-order chi connectivity index (χ1) is 12.1. The Morgan fingerprint density at radius 3 is 2.88 bits per heavy atom. The summed E-state index contributed by atoms with van der Waals surface area (Å²) in [6.45, 7) is 2.59. The van der Waals surface area contributed by atoms with Crippen LogP contribution in [0.1, 0.15) is 36.3 Å². The predicted octanol–water partition coefficient (Wildman–Crippen LogP) is 2.85.